The third-order valence-electron chi connectivity index (χ3n) is 2.63. The number of rotatable bonds is 5. The van der Waals surface area contributed by atoms with Crippen molar-refractivity contribution in [1.29, 1.82) is 0 Å². The van der Waals surface area contributed by atoms with Gasteiger partial charge in [0.25, 0.3) is 0 Å². The molecular formula is C14H17BrN4S. The van der Waals surface area contributed by atoms with Crippen molar-refractivity contribution in [2.24, 2.45) is 0 Å². The average molecular weight is 353 g/mol. The summed E-state index contributed by atoms with van der Waals surface area (Å²) in [5.74, 6) is 1.61. The molecule has 0 aliphatic heterocycles. The van der Waals surface area contributed by atoms with E-state index in [-0.39, 0.29) is 0 Å². The van der Waals surface area contributed by atoms with Gasteiger partial charge in [0.05, 0.1) is 5.69 Å². The summed E-state index contributed by atoms with van der Waals surface area (Å²) < 4.78 is 1.02. The first kappa shape index (κ1) is 15.1. The largest absolute Gasteiger partial charge is 0.370 e. The molecule has 0 atom stereocenters. The van der Waals surface area contributed by atoms with Gasteiger partial charge in [-0.25, -0.2) is 9.97 Å². The molecule has 0 aliphatic carbocycles. The van der Waals surface area contributed by atoms with E-state index in [1.807, 2.05) is 25.3 Å². The van der Waals surface area contributed by atoms with E-state index in [1.165, 1.54) is 17.3 Å². The molecule has 0 aliphatic rings. The van der Waals surface area contributed by atoms with Crippen LogP contribution in [0.2, 0.25) is 0 Å². The van der Waals surface area contributed by atoms with E-state index in [2.05, 4.69) is 55.6 Å². The van der Waals surface area contributed by atoms with E-state index >= 15 is 0 Å². The van der Waals surface area contributed by atoms with E-state index in [9.17, 15) is 0 Å². The highest BCUT2D eigenvalue weighted by atomic mass is 79.9. The second-order valence-electron chi connectivity index (χ2n) is 4.26. The number of nitrogens with one attached hydrogen (secondary N) is 2. The standard InChI is InChI=1S/C14H17BrN4S/c1-4-16-12-8-13(19-14(18-12)20-3)17-11-6-5-9(2)7-10(11)15/h5-8H,4H2,1-3H3,(H2,16,17,18,19). The summed E-state index contributed by atoms with van der Waals surface area (Å²) >= 11 is 5.09. The average Bonchev–Trinajstić information content (AvgIpc) is 2.42. The predicted octanol–water partition coefficient (Wildman–Crippen LogP) is 4.44. The van der Waals surface area contributed by atoms with Gasteiger partial charge in [-0.05, 0) is 53.7 Å². The number of hydrogen-bond acceptors (Lipinski definition) is 5. The minimum absolute atomic E-state index is 0.745. The Hall–Kier alpha value is -1.27. The summed E-state index contributed by atoms with van der Waals surface area (Å²) in [5.41, 5.74) is 2.20. The summed E-state index contributed by atoms with van der Waals surface area (Å²) in [4.78, 5) is 8.88. The van der Waals surface area contributed by atoms with Crippen LogP contribution in [0.1, 0.15) is 12.5 Å². The zero-order valence-corrected chi connectivity index (χ0v) is 14.1. The van der Waals surface area contributed by atoms with Gasteiger partial charge in [0, 0.05) is 17.1 Å². The smallest absolute Gasteiger partial charge is 0.191 e. The maximum absolute atomic E-state index is 4.47. The zero-order valence-electron chi connectivity index (χ0n) is 11.7. The second kappa shape index (κ2) is 6.95. The molecule has 0 fully saturated rings. The Labute approximate surface area is 131 Å². The molecule has 0 saturated heterocycles. The van der Waals surface area contributed by atoms with Crippen LogP contribution in [-0.2, 0) is 0 Å². The van der Waals surface area contributed by atoms with Gasteiger partial charge in [-0.1, -0.05) is 17.8 Å². The minimum Gasteiger partial charge on any atom is -0.370 e. The van der Waals surface area contributed by atoms with Gasteiger partial charge in [-0.2, -0.15) is 0 Å². The van der Waals surface area contributed by atoms with Crippen molar-refractivity contribution in [3.63, 3.8) is 0 Å². The molecule has 2 N–H and O–H groups in total. The van der Waals surface area contributed by atoms with E-state index in [1.54, 1.807) is 0 Å². The Morgan fingerprint density at radius 1 is 1.20 bits per heavy atom. The Kier molecular flexibility index (Phi) is 5.25. The molecular weight excluding hydrogens is 336 g/mol. The molecule has 1 aromatic carbocycles. The zero-order chi connectivity index (χ0) is 14.5. The molecule has 106 valence electrons. The van der Waals surface area contributed by atoms with Gasteiger partial charge in [-0.15, -0.1) is 0 Å². The molecule has 0 radical (unpaired) electrons. The van der Waals surface area contributed by atoms with Gasteiger partial charge < -0.3 is 10.6 Å². The molecule has 0 unspecified atom stereocenters. The van der Waals surface area contributed by atoms with Crippen molar-refractivity contribution >= 4 is 45.0 Å². The Morgan fingerprint density at radius 3 is 2.60 bits per heavy atom. The summed E-state index contributed by atoms with van der Waals surface area (Å²) in [6.45, 7) is 4.94. The maximum Gasteiger partial charge on any atom is 0.191 e. The van der Waals surface area contributed by atoms with E-state index in [0.717, 1.165) is 33.5 Å². The first-order chi connectivity index (χ1) is 9.62. The third kappa shape index (κ3) is 3.86. The number of aryl methyl sites for hydroxylation is 1. The molecule has 2 aromatic rings. The topological polar surface area (TPSA) is 49.8 Å². The Bertz CT molecular complexity index is 604. The lowest BCUT2D eigenvalue weighted by Crippen LogP contribution is -2.03. The highest BCUT2D eigenvalue weighted by Crippen LogP contribution is 2.27. The summed E-state index contributed by atoms with van der Waals surface area (Å²) in [6.07, 6.45) is 1.97. The molecule has 20 heavy (non-hydrogen) atoms. The van der Waals surface area contributed by atoms with Crippen LogP contribution < -0.4 is 10.6 Å². The van der Waals surface area contributed by atoms with Crippen LogP contribution in [0.3, 0.4) is 0 Å². The van der Waals surface area contributed by atoms with Gasteiger partial charge >= 0.3 is 0 Å². The van der Waals surface area contributed by atoms with Crippen molar-refractivity contribution < 1.29 is 0 Å². The van der Waals surface area contributed by atoms with Crippen molar-refractivity contribution in [3.8, 4) is 0 Å². The number of benzene rings is 1. The van der Waals surface area contributed by atoms with Gasteiger partial charge in [0.1, 0.15) is 11.6 Å². The van der Waals surface area contributed by atoms with Crippen molar-refractivity contribution in [2.75, 3.05) is 23.4 Å². The van der Waals surface area contributed by atoms with E-state index in [0.29, 0.717) is 0 Å². The van der Waals surface area contributed by atoms with Crippen LogP contribution in [0, 0.1) is 6.92 Å². The monoisotopic (exact) mass is 352 g/mol. The number of hydrogen-bond donors (Lipinski definition) is 2. The number of nitrogens with zero attached hydrogens (tertiary/aromatic N) is 2. The van der Waals surface area contributed by atoms with Crippen LogP contribution in [0.5, 0.6) is 0 Å². The van der Waals surface area contributed by atoms with E-state index in [4.69, 9.17) is 0 Å². The van der Waals surface area contributed by atoms with Crippen LogP contribution in [0.4, 0.5) is 17.3 Å². The van der Waals surface area contributed by atoms with Gasteiger partial charge in [-0.3, -0.25) is 0 Å². The second-order valence-corrected chi connectivity index (χ2v) is 5.89. The molecule has 6 heteroatoms. The van der Waals surface area contributed by atoms with Gasteiger partial charge in [0.15, 0.2) is 5.16 Å². The molecule has 0 spiro atoms. The molecule has 0 amide bonds. The van der Waals surface area contributed by atoms with Gasteiger partial charge in [0.2, 0.25) is 0 Å². The fourth-order valence-corrected chi connectivity index (χ4v) is 2.68. The number of anilines is 3. The number of halogens is 1. The fraction of sp³-hybridized carbons (Fsp3) is 0.286. The SMILES string of the molecule is CCNc1cc(Nc2ccc(C)cc2Br)nc(SC)n1. The Balaban J connectivity index is 2.29. The molecule has 0 saturated carbocycles. The lowest BCUT2D eigenvalue weighted by atomic mass is 10.2. The number of thioether (sulfide) groups is 1. The summed E-state index contributed by atoms with van der Waals surface area (Å²) in [5, 5.41) is 7.28. The first-order valence-corrected chi connectivity index (χ1v) is 8.34. The molecule has 1 aromatic heterocycles. The lowest BCUT2D eigenvalue weighted by molar-refractivity contribution is 0.967. The molecule has 2 rings (SSSR count). The molecule has 0 bridgehead atoms. The van der Waals surface area contributed by atoms with Crippen LogP contribution in [0.25, 0.3) is 0 Å². The maximum atomic E-state index is 4.47. The highest BCUT2D eigenvalue weighted by molar-refractivity contribution is 9.10. The first-order valence-electron chi connectivity index (χ1n) is 6.32. The number of aromatic nitrogens is 2. The highest BCUT2D eigenvalue weighted by Gasteiger charge is 2.06. The predicted molar refractivity (Wildman–Crippen MR) is 90.1 cm³/mol. The quantitative estimate of drug-likeness (QED) is 0.615. The normalized spacial score (nSPS) is 10.4. The summed E-state index contributed by atoms with van der Waals surface area (Å²) in [6, 6.07) is 8.09. The fourth-order valence-electron chi connectivity index (χ4n) is 1.71. The van der Waals surface area contributed by atoms with E-state index < -0.39 is 0 Å². The Morgan fingerprint density at radius 2 is 1.95 bits per heavy atom. The summed E-state index contributed by atoms with van der Waals surface area (Å²) in [7, 11) is 0. The van der Waals surface area contributed by atoms with Crippen LogP contribution in [-0.4, -0.2) is 22.8 Å². The lowest BCUT2D eigenvalue weighted by Gasteiger charge is -2.11. The van der Waals surface area contributed by atoms with Crippen LogP contribution >= 0.6 is 27.7 Å². The van der Waals surface area contributed by atoms with Crippen LogP contribution in [0.15, 0.2) is 33.9 Å². The molecule has 4 nitrogen and oxygen atoms in total. The van der Waals surface area contributed by atoms with Crippen molar-refractivity contribution in [3.05, 3.63) is 34.3 Å². The molecule has 1 heterocycles. The third-order valence-corrected chi connectivity index (χ3v) is 3.84. The van der Waals surface area contributed by atoms with Crippen molar-refractivity contribution in [1.82, 2.24) is 9.97 Å². The van der Waals surface area contributed by atoms with Crippen molar-refractivity contribution in [2.45, 2.75) is 19.0 Å². The minimum atomic E-state index is 0.745.